The van der Waals surface area contributed by atoms with Gasteiger partial charge in [0.25, 0.3) is 0 Å². The van der Waals surface area contributed by atoms with Gasteiger partial charge in [0, 0.05) is 49.2 Å². The zero-order valence-electron chi connectivity index (χ0n) is 17.8. The molecular formula is C18H34N2O6Si2. The molecule has 0 spiro atoms. The Morgan fingerprint density at radius 2 is 1.43 bits per heavy atom. The summed E-state index contributed by atoms with van der Waals surface area (Å²) in [5.41, 5.74) is 1.15. The summed E-state index contributed by atoms with van der Waals surface area (Å²) in [6, 6.07) is 10.2. The van der Waals surface area contributed by atoms with Crippen LogP contribution in [-0.4, -0.2) is 82.4 Å². The molecule has 160 valence electrons. The van der Waals surface area contributed by atoms with Crippen molar-refractivity contribution in [2.45, 2.75) is 32.0 Å². The second-order valence-corrected chi connectivity index (χ2v) is 12.2. The highest BCUT2D eigenvalue weighted by Crippen LogP contribution is 2.32. The van der Waals surface area contributed by atoms with Crippen LogP contribution in [0.4, 0.5) is 0 Å². The lowest BCUT2D eigenvalue weighted by Gasteiger charge is -2.50. The van der Waals surface area contributed by atoms with Crippen molar-refractivity contribution in [3.63, 3.8) is 0 Å². The summed E-state index contributed by atoms with van der Waals surface area (Å²) in [5, 5.41) is 0. The number of hydrogen-bond donors (Lipinski definition) is 0. The Kier molecular flexibility index (Phi) is 9.21. The van der Waals surface area contributed by atoms with Gasteiger partial charge in [0.2, 0.25) is 0 Å². The summed E-state index contributed by atoms with van der Waals surface area (Å²) < 4.78 is 39.4. The molecule has 1 aromatic rings. The second-order valence-electron chi connectivity index (χ2n) is 6.56. The molecule has 1 fully saturated rings. The Morgan fingerprint density at radius 1 is 0.857 bits per heavy atom. The van der Waals surface area contributed by atoms with Crippen molar-refractivity contribution in [1.82, 2.24) is 9.13 Å². The third-order valence-electron chi connectivity index (χ3n) is 5.28. The first-order valence-corrected chi connectivity index (χ1v) is 12.8. The summed E-state index contributed by atoms with van der Waals surface area (Å²) in [6.45, 7) is 1.42. The Balaban J connectivity index is 2.49. The fraction of sp³-hybridized carbons (Fsp3) is 0.667. The molecule has 1 saturated heterocycles. The minimum Gasteiger partial charge on any atom is -0.364 e. The van der Waals surface area contributed by atoms with Crippen molar-refractivity contribution < 1.29 is 26.6 Å². The van der Waals surface area contributed by atoms with E-state index in [9.17, 15) is 0 Å². The molecule has 28 heavy (non-hydrogen) atoms. The lowest BCUT2D eigenvalue weighted by atomic mass is 10.1. The third-order valence-corrected chi connectivity index (χ3v) is 10.8. The van der Waals surface area contributed by atoms with E-state index < -0.39 is 17.9 Å². The molecule has 1 unspecified atom stereocenters. The van der Waals surface area contributed by atoms with Gasteiger partial charge in [0.15, 0.2) is 0 Å². The van der Waals surface area contributed by atoms with E-state index in [2.05, 4.69) is 21.3 Å². The molecule has 0 aromatic heterocycles. The molecular weight excluding hydrogens is 396 g/mol. The molecule has 0 N–H and O–H groups in total. The van der Waals surface area contributed by atoms with E-state index in [4.69, 9.17) is 26.6 Å². The molecule has 0 radical (unpaired) electrons. The fourth-order valence-electron chi connectivity index (χ4n) is 3.93. The first kappa shape index (κ1) is 23.6. The van der Waals surface area contributed by atoms with E-state index in [0.717, 1.165) is 31.4 Å². The highest BCUT2D eigenvalue weighted by atomic mass is 28.4. The van der Waals surface area contributed by atoms with Crippen molar-refractivity contribution in [2.24, 2.45) is 0 Å². The Labute approximate surface area is 171 Å². The van der Waals surface area contributed by atoms with Gasteiger partial charge >= 0.3 is 17.9 Å². The minimum absolute atomic E-state index is 0.0630. The van der Waals surface area contributed by atoms with Crippen molar-refractivity contribution >= 4 is 17.9 Å². The van der Waals surface area contributed by atoms with Crippen molar-refractivity contribution in [3.8, 4) is 0 Å². The Bertz CT molecular complexity index is 558. The van der Waals surface area contributed by atoms with Crippen LogP contribution >= 0.6 is 0 Å². The van der Waals surface area contributed by atoms with Crippen LogP contribution in [0.5, 0.6) is 0 Å². The van der Waals surface area contributed by atoms with Crippen LogP contribution in [-0.2, 0) is 33.1 Å². The van der Waals surface area contributed by atoms with Crippen molar-refractivity contribution in [3.05, 3.63) is 35.9 Å². The predicted octanol–water partition coefficient (Wildman–Crippen LogP) is 2.05. The molecule has 1 aromatic carbocycles. The van der Waals surface area contributed by atoms with Crippen LogP contribution in [0.2, 0.25) is 0 Å². The van der Waals surface area contributed by atoms with Crippen LogP contribution in [0.3, 0.4) is 0 Å². The maximum absolute atomic E-state index is 5.87. The molecule has 8 nitrogen and oxygen atoms in total. The smallest absolute Gasteiger partial charge is 0.364 e. The van der Waals surface area contributed by atoms with Gasteiger partial charge < -0.3 is 26.6 Å². The average molecular weight is 431 g/mol. The third kappa shape index (κ3) is 4.73. The van der Waals surface area contributed by atoms with E-state index in [1.54, 1.807) is 42.7 Å². The maximum atomic E-state index is 5.87. The molecule has 1 atom stereocenters. The lowest BCUT2D eigenvalue weighted by Crippen LogP contribution is -2.73. The molecule has 2 rings (SSSR count). The number of benzene rings is 1. The summed E-state index contributed by atoms with van der Waals surface area (Å²) in [4.78, 5) is 0. The van der Waals surface area contributed by atoms with Crippen LogP contribution in [0.15, 0.2) is 30.3 Å². The van der Waals surface area contributed by atoms with Crippen LogP contribution in [0.1, 0.15) is 24.8 Å². The topological polar surface area (TPSA) is 61.9 Å². The summed E-state index contributed by atoms with van der Waals surface area (Å²) in [6.07, 6.45) is 2.97. The molecule has 0 amide bonds. The van der Waals surface area contributed by atoms with E-state index in [-0.39, 0.29) is 6.17 Å². The zero-order valence-corrected chi connectivity index (χ0v) is 19.8. The van der Waals surface area contributed by atoms with Gasteiger partial charge in [-0.3, -0.25) is 0 Å². The van der Waals surface area contributed by atoms with Gasteiger partial charge in [-0.25, -0.2) is 9.13 Å². The largest absolute Gasteiger partial charge is 0.600 e. The predicted molar refractivity (Wildman–Crippen MR) is 110 cm³/mol. The molecule has 10 heteroatoms. The van der Waals surface area contributed by atoms with E-state index in [1.165, 1.54) is 0 Å². The molecule has 0 aliphatic carbocycles. The normalized spacial score (nSPS) is 19.3. The molecule has 1 heterocycles. The summed E-state index contributed by atoms with van der Waals surface area (Å²) >= 11 is 0. The van der Waals surface area contributed by atoms with Gasteiger partial charge in [-0.15, -0.1) is 0 Å². The number of rotatable bonds is 11. The highest BCUT2D eigenvalue weighted by molar-refractivity contribution is 6.59. The van der Waals surface area contributed by atoms with E-state index in [0.29, 0.717) is 6.54 Å². The average Bonchev–Trinajstić information content (AvgIpc) is 2.77. The Hall–Kier alpha value is -0.666. The van der Waals surface area contributed by atoms with Gasteiger partial charge in [0.1, 0.15) is 0 Å². The molecule has 1 aliphatic heterocycles. The van der Waals surface area contributed by atoms with Crippen LogP contribution in [0.25, 0.3) is 0 Å². The molecule has 1 aliphatic rings. The number of hydrogen-bond acceptors (Lipinski definition) is 8. The SMILES string of the molecule is CO[Si](OC)(OC)N1CCCCC1N(Cc1ccccc1)[Si](OC)(OC)OC. The lowest BCUT2D eigenvalue weighted by molar-refractivity contribution is -0.0391. The standard InChI is InChI=1S/C18H34N2O6Si2/c1-21-27(22-2,23-3)19-15-11-10-14-18(19)20(28(24-4,25-5)26-6)16-17-12-8-7-9-13-17/h7-9,12-13,18H,10-11,14-16H2,1-6H3. The van der Waals surface area contributed by atoms with Crippen molar-refractivity contribution in [1.29, 1.82) is 0 Å². The van der Waals surface area contributed by atoms with Gasteiger partial charge in [-0.1, -0.05) is 30.3 Å². The second kappa shape index (κ2) is 10.9. The highest BCUT2D eigenvalue weighted by Gasteiger charge is 2.57. The molecule has 0 saturated carbocycles. The van der Waals surface area contributed by atoms with Crippen LogP contribution in [0, 0.1) is 0 Å². The van der Waals surface area contributed by atoms with Crippen molar-refractivity contribution in [2.75, 3.05) is 49.2 Å². The van der Waals surface area contributed by atoms with E-state index >= 15 is 0 Å². The summed E-state index contributed by atoms with van der Waals surface area (Å²) in [7, 11) is 3.67. The Morgan fingerprint density at radius 3 is 1.93 bits per heavy atom. The zero-order chi connectivity index (χ0) is 20.6. The molecule has 0 bridgehead atoms. The number of piperidine rings is 1. The van der Waals surface area contributed by atoms with Gasteiger partial charge in [-0.05, 0) is 31.4 Å². The monoisotopic (exact) mass is 430 g/mol. The maximum Gasteiger partial charge on any atom is 0.600 e. The van der Waals surface area contributed by atoms with Gasteiger partial charge in [-0.2, -0.15) is 0 Å². The fourth-order valence-corrected chi connectivity index (χ4v) is 8.52. The first-order valence-electron chi connectivity index (χ1n) is 9.44. The minimum atomic E-state index is -3.13. The van der Waals surface area contributed by atoms with Gasteiger partial charge in [0.05, 0.1) is 6.17 Å². The first-order chi connectivity index (χ1) is 13.6. The van der Waals surface area contributed by atoms with Crippen LogP contribution < -0.4 is 0 Å². The number of nitrogens with zero attached hydrogens (tertiary/aromatic N) is 2. The summed E-state index contributed by atoms with van der Waals surface area (Å²) in [5.74, 6) is 0. The quantitative estimate of drug-likeness (QED) is 0.495. The van der Waals surface area contributed by atoms with E-state index in [1.807, 2.05) is 18.2 Å².